The highest BCUT2D eigenvalue weighted by molar-refractivity contribution is 8.00. The first kappa shape index (κ1) is 21.2. The van der Waals surface area contributed by atoms with Gasteiger partial charge in [-0.25, -0.2) is 13.6 Å². The molecule has 27 heavy (non-hydrogen) atoms. The Labute approximate surface area is 169 Å². The summed E-state index contributed by atoms with van der Waals surface area (Å²) < 4.78 is 22.8. The van der Waals surface area contributed by atoms with Crippen molar-refractivity contribution in [1.29, 1.82) is 0 Å². The summed E-state index contributed by atoms with van der Waals surface area (Å²) in [4.78, 5) is 4.19. The molecule has 3 unspecified atom stereocenters. The Morgan fingerprint density at radius 1 is 1.26 bits per heavy atom. The molecule has 0 aromatic heterocycles. The van der Waals surface area contributed by atoms with Crippen molar-refractivity contribution in [2.24, 2.45) is 5.14 Å². The van der Waals surface area contributed by atoms with Gasteiger partial charge in [-0.15, -0.1) is 23.4 Å². The third-order valence-corrected chi connectivity index (χ3v) is 8.04. The van der Waals surface area contributed by atoms with E-state index in [1.165, 1.54) is 12.1 Å². The molecule has 1 aromatic carbocycles. The molecule has 2 fully saturated rings. The Hall–Kier alpha value is -0.550. The van der Waals surface area contributed by atoms with Crippen molar-refractivity contribution in [3.8, 4) is 5.75 Å². The lowest BCUT2D eigenvalue weighted by Crippen LogP contribution is -2.51. The normalized spacial score (nSPS) is 26.3. The Morgan fingerprint density at radius 2 is 1.96 bits per heavy atom. The predicted octanol–water partition coefficient (Wildman–Crippen LogP) is 1.15. The molecule has 4 N–H and O–H groups in total. The van der Waals surface area contributed by atoms with Crippen molar-refractivity contribution in [3.63, 3.8) is 0 Å². The number of aliphatic hydroxyl groups is 1. The van der Waals surface area contributed by atoms with E-state index in [0.29, 0.717) is 5.25 Å². The van der Waals surface area contributed by atoms with Crippen LogP contribution in [0.3, 0.4) is 0 Å². The van der Waals surface area contributed by atoms with Gasteiger partial charge >= 0.3 is 0 Å². The molecule has 2 aliphatic heterocycles. The van der Waals surface area contributed by atoms with Crippen LogP contribution < -0.4 is 5.14 Å². The van der Waals surface area contributed by atoms with Gasteiger partial charge in [0.1, 0.15) is 16.9 Å². The lowest BCUT2D eigenvalue weighted by atomic mass is 10.1. The molecule has 2 saturated heterocycles. The summed E-state index contributed by atoms with van der Waals surface area (Å²) in [6.07, 6.45) is 1.51. The predicted molar refractivity (Wildman–Crippen MR) is 108 cm³/mol. The van der Waals surface area contributed by atoms with Gasteiger partial charge in [-0.1, -0.05) is 6.07 Å². The van der Waals surface area contributed by atoms with Gasteiger partial charge in [0.15, 0.2) is 0 Å². The Balaban J connectivity index is 1.53. The number of halogens is 1. The summed E-state index contributed by atoms with van der Waals surface area (Å²) in [5.74, 6) is -0.0509. The first-order chi connectivity index (χ1) is 12.8. The minimum Gasteiger partial charge on any atom is -0.507 e. The molecule has 1 aromatic rings. The molecule has 2 heterocycles. The molecule has 3 atom stereocenters. The number of rotatable bonds is 6. The highest BCUT2D eigenvalue weighted by Gasteiger charge is 2.30. The number of benzene rings is 1. The van der Waals surface area contributed by atoms with Crippen LogP contribution >= 0.6 is 23.4 Å². The second-order valence-corrected chi connectivity index (χ2v) is 10.4. The van der Waals surface area contributed by atoms with E-state index in [0.717, 1.165) is 51.1 Å². The molecule has 0 aliphatic carbocycles. The number of hydrogen-bond donors (Lipinski definition) is 3. The number of nitrogens with two attached hydrogens (primary N) is 1. The number of sulfonamides is 1. The lowest BCUT2D eigenvalue weighted by molar-refractivity contribution is -0.0103. The summed E-state index contributed by atoms with van der Waals surface area (Å²) in [7, 11) is -3.91. The van der Waals surface area contributed by atoms with E-state index in [-0.39, 0.29) is 21.8 Å². The standard InChI is InChI=1S/C17H26ClN3O4S2/c18-10-17(23)21-7-5-20(6-8-21)11-13-2-3-15(26-13)12-1-4-16(14(22)9-12)27(19,24)25/h1,4,9,13,15,17,22-23H,2-3,5-8,10-11H2,(H2,19,24,25). The van der Waals surface area contributed by atoms with Crippen LogP contribution in [-0.4, -0.2) is 78.5 Å². The zero-order chi connectivity index (χ0) is 19.6. The fourth-order valence-electron chi connectivity index (χ4n) is 3.69. The van der Waals surface area contributed by atoms with Gasteiger partial charge in [0.25, 0.3) is 0 Å². The molecule has 2 aliphatic rings. The number of nitrogens with zero attached hydrogens (tertiary/aromatic N) is 2. The van der Waals surface area contributed by atoms with Crippen molar-refractivity contribution in [1.82, 2.24) is 9.80 Å². The van der Waals surface area contributed by atoms with E-state index < -0.39 is 16.3 Å². The molecule has 0 saturated carbocycles. The lowest BCUT2D eigenvalue weighted by Gasteiger charge is -2.37. The summed E-state index contributed by atoms with van der Waals surface area (Å²) in [5, 5.41) is 25.6. The number of aliphatic hydroxyl groups excluding tert-OH is 1. The Bertz CT molecular complexity index is 757. The number of alkyl halides is 1. The molecular formula is C17H26ClN3O4S2. The van der Waals surface area contributed by atoms with Gasteiger partial charge in [0, 0.05) is 43.2 Å². The SMILES string of the molecule is NS(=O)(=O)c1ccc(C2CCC(CN3CCN(C(O)CCl)CC3)S2)cc1O. The summed E-state index contributed by atoms with van der Waals surface area (Å²) in [6.45, 7) is 4.46. The van der Waals surface area contributed by atoms with E-state index in [1.807, 2.05) is 16.7 Å². The maximum absolute atomic E-state index is 11.4. The fourth-order valence-corrected chi connectivity index (χ4v) is 6.10. The molecule has 7 nitrogen and oxygen atoms in total. The molecule has 0 radical (unpaired) electrons. The number of primary sulfonamides is 1. The van der Waals surface area contributed by atoms with Crippen molar-refractivity contribution < 1.29 is 18.6 Å². The second-order valence-electron chi connectivity index (χ2n) is 7.07. The van der Waals surface area contributed by atoms with Crippen molar-refractivity contribution >= 4 is 33.4 Å². The quantitative estimate of drug-likeness (QED) is 0.575. The van der Waals surface area contributed by atoms with Gasteiger partial charge in [-0.3, -0.25) is 9.80 Å². The Morgan fingerprint density at radius 3 is 2.56 bits per heavy atom. The minimum atomic E-state index is -3.91. The number of piperazine rings is 1. The molecule has 0 amide bonds. The third-order valence-electron chi connectivity index (χ3n) is 5.20. The molecule has 10 heteroatoms. The molecule has 152 valence electrons. The number of thioether (sulfide) groups is 1. The minimum absolute atomic E-state index is 0.233. The first-order valence-corrected chi connectivity index (χ1v) is 12.0. The van der Waals surface area contributed by atoms with Crippen LogP contribution in [0.4, 0.5) is 0 Å². The average Bonchev–Trinajstić information content (AvgIpc) is 3.09. The van der Waals surface area contributed by atoms with E-state index in [9.17, 15) is 18.6 Å². The summed E-state index contributed by atoms with van der Waals surface area (Å²) >= 11 is 7.59. The van der Waals surface area contributed by atoms with E-state index in [2.05, 4.69) is 4.90 Å². The largest absolute Gasteiger partial charge is 0.507 e. The second kappa shape index (κ2) is 8.86. The fraction of sp³-hybridized carbons (Fsp3) is 0.647. The third kappa shape index (κ3) is 5.29. The first-order valence-electron chi connectivity index (χ1n) is 8.99. The highest BCUT2D eigenvalue weighted by Crippen LogP contribution is 2.46. The van der Waals surface area contributed by atoms with Crippen LogP contribution in [-0.2, 0) is 10.0 Å². The zero-order valence-electron chi connectivity index (χ0n) is 15.0. The van der Waals surface area contributed by atoms with Crippen molar-refractivity contribution in [3.05, 3.63) is 23.8 Å². The summed E-state index contributed by atoms with van der Waals surface area (Å²) in [5.41, 5.74) is 0.933. The van der Waals surface area contributed by atoms with Crippen molar-refractivity contribution in [2.75, 3.05) is 38.6 Å². The summed E-state index contributed by atoms with van der Waals surface area (Å²) in [6, 6.07) is 4.65. The van der Waals surface area contributed by atoms with Crippen LogP contribution in [0.2, 0.25) is 0 Å². The van der Waals surface area contributed by atoms with Gasteiger partial charge in [-0.2, -0.15) is 0 Å². The van der Waals surface area contributed by atoms with Gasteiger partial charge in [-0.05, 0) is 30.5 Å². The van der Waals surface area contributed by atoms with Gasteiger partial charge < -0.3 is 10.2 Å². The van der Waals surface area contributed by atoms with Crippen molar-refractivity contribution in [2.45, 2.75) is 34.5 Å². The van der Waals surface area contributed by atoms with Gasteiger partial charge in [0.05, 0.1) is 5.88 Å². The van der Waals surface area contributed by atoms with Crippen LogP contribution in [0.15, 0.2) is 23.1 Å². The molecule has 0 spiro atoms. The maximum atomic E-state index is 11.4. The smallest absolute Gasteiger partial charge is 0.241 e. The molecule has 3 rings (SSSR count). The number of phenolic OH excluding ortho intramolecular Hbond substituents is 1. The van der Waals surface area contributed by atoms with E-state index >= 15 is 0 Å². The number of hydrogen-bond acceptors (Lipinski definition) is 7. The topological polar surface area (TPSA) is 107 Å². The van der Waals surface area contributed by atoms with Crippen LogP contribution in [0.1, 0.15) is 23.7 Å². The van der Waals surface area contributed by atoms with Crippen LogP contribution in [0, 0.1) is 0 Å². The number of phenols is 1. The van der Waals surface area contributed by atoms with Crippen LogP contribution in [0.5, 0.6) is 5.75 Å². The Kier molecular flexibility index (Phi) is 6.94. The van der Waals surface area contributed by atoms with Gasteiger partial charge in [0.2, 0.25) is 10.0 Å². The monoisotopic (exact) mass is 435 g/mol. The van der Waals surface area contributed by atoms with E-state index in [1.54, 1.807) is 6.07 Å². The molecule has 0 bridgehead atoms. The zero-order valence-corrected chi connectivity index (χ0v) is 17.4. The highest BCUT2D eigenvalue weighted by atomic mass is 35.5. The maximum Gasteiger partial charge on any atom is 0.241 e. The number of aromatic hydroxyl groups is 1. The van der Waals surface area contributed by atoms with E-state index in [4.69, 9.17) is 16.7 Å². The molecular weight excluding hydrogens is 410 g/mol. The van der Waals surface area contributed by atoms with Crippen LogP contribution in [0.25, 0.3) is 0 Å². The average molecular weight is 436 g/mol.